The van der Waals surface area contributed by atoms with E-state index in [2.05, 4.69) is 41.3 Å². The van der Waals surface area contributed by atoms with Crippen LogP contribution >= 0.6 is 0 Å². The molecule has 3 atom stereocenters. The molecule has 0 bridgehead atoms. The van der Waals surface area contributed by atoms with Gasteiger partial charge in [-0.15, -0.1) is 0 Å². The smallest absolute Gasteiger partial charge is 0.254 e. The second kappa shape index (κ2) is 10.1. The first-order valence-corrected chi connectivity index (χ1v) is 13.0. The van der Waals surface area contributed by atoms with Gasteiger partial charge in [-0.3, -0.25) is 9.69 Å². The van der Waals surface area contributed by atoms with Crippen molar-refractivity contribution in [1.29, 1.82) is 0 Å². The summed E-state index contributed by atoms with van der Waals surface area (Å²) in [6.07, 6.45) is 1.94. The second-order valence-corrected chi connectivity index (χ2v) is 9.96. The molecule has 1 amide bonds. The van der Waals surface area contributed by atoms with E-state index in [1.54, 1.807) is 13.2 Å². The topological polar surface area (TPSA) is 71.5 Å². The van der Waals surface area contributed by atoms with Crippen LogP contribution in [0.4, 0.5) is 0 Å². The molecule has 192 valence electrons. The van der Waals surface area contributed by atoms with Crippen molar-refractivity contribution in [1.82, 2.24) is 9.80 Å². The summed E-state index contributed by atoms with van der Waals surface area (Å²) in [5.41, 5.74) is 4.09. The van der Waals surface area contributed by atoms with E-state index in [0.29, 0.717) is 23.6 Å². The number of nitrogens with zero attached hydrogens (tertiary/aromatic N) is 2. The Kier molecular flexibility index (Phi) is 6.49. The zero-order valence-electron chi connectivity index (χ0n) is 21.0. The monoisotopic (exact) mass is 500 g/mol. The molecule has 0 spiro atoms. The zero-order valence-corrected chi connectivity index (χ0v) is 21.0. The van der Waals surface area contributed by atoms with Crippen LogP contribution in [0.2, 0.25) is 0 Å². The number of benzene rings is 3. The van der Waals surface area contributed by atoms with Gasteiger partial charge in [-0.1, -0.05) is 36.4 Å². The lowest BCUT2D eigenvalue weighted by molar-refractivity contribution is -0.0606. The van der Waals surface area contributed by atoms with Gasteiger partial charge in [0, 0.05) is 36.7 Å². The van der Waals surface area contributed by atoms with Crippen LogP contribution in [-0.4, -0.2) is 73.0 Å². The molecular weight excluding hydrogens is 468 g/mol. The van der Waals surface area contributed by atoms with Crippen LogP contribution < -0.4 is 14.2 Å². The van der Waals surface area contributed by atoms with Gasteiger partial charge >= 0.3 is 0 Å². The van der Waals surface area contributed by atoms with Crippen LogP contribution in [0.15, 0.2) is 66.7 Å². The maximum Gasteiger partial charge on any atom is 0.254 e. The van der Waals surface area contributed by atoms with Crippen LogP contribution in [0.3, 0.4) is 0 Å². The van der Waals surface area contributed by atoms with E-state index in [9.17, 15) is 9.90 Å². The molecule has 3 aromatic rings. The van der Waals surface area contributed by atoms with Crippen molar-refractivity contribution in [3.05, 3.63) is 77.9 Å². The number of carbonyl (C=O) groups is 1. The Hall–Kier alpha value is -3.55. The molecular formula is C30H32N2O5. The summed E-state index contributed by atoms with van der Waals surface area (Å²) < 4.78 is 16.2. The van der Waals surface area contributed by atoms with Crippen LogP contribution in [0, 0.1) is 0 Å². The average molecular weight is 501 g/mol. The van der Waals surface area contributed by atoms with Crippen LogP contribution in [0.1, 0.15) is 34.7 Å². The molecule has 3 aromatic carbocycles. The van der Waals surface area contributed by atoms with Gasteiger partial charge in [-0.25, -0.2) is 0 Å². The maximum atomic E-state index is 13.5. The van der Waals surface area contributed by atoms with Gasteiger partial charge in [-0.2, -0.15) is 0 Å². The molecule has 0 aromatic heterocycles. The summed E-state index contributed by atoms with van der Waals surface area (Å²) in [4.78, 5) is 17.9. The van der Waals surface area contributed by atoms with Gasteiger partial charge < -0.3 is 24.2 Å². The van der Waals surface area contributed by atoms with E-state index in [1.165, 1.54) is 5.56 Å². The highest BCUT2D eigenvalue weighted by Gasteiger charge is 2.49. The predicted molar refractivity (Wildman–Crippen MR) is 140 cm³/mol. The summed E-state index contributed by atoms with van der Waals surface area (Å²) >= 11 is 0. The van der Waals surface area contributed by atoms with Gasteiger partial charge in [0.1, 0.15) is 5.75 Å². The van der Waals surface area contributed by atoms with Gasteiger partial charge in [0.15, 0.2) is 11.5 Å². The van der Waals surface area contributed by atoms with Crippen LogP contribution in [-0.2, 0) is 0 Å². The average Bonchev–Trinajstić information content (AvgIpc) is 3.40. The molecule has 0 aliphatic carbocycles. The minimum atomic E-state index is 0.0150. The number of ether oxygens (including phenoxy) is 3. The highest BCUT2D eigenvalue weighted by atomic mass is 16.7. The molecule has 7 nitrogen and oxygen atoms in total. The van der Waals surface area contributed by atoms with Crippen molar-refractivity contribution in [2.75, 3.05) is 40.1 Å². The van der Waals surface area contributed by atoms with E-state index in [1.807, 2.05) is 29.2 Å². The SMILES string of the molecule is COc1ccc(-c2ccc([C@@H]3[C@@H](CO)N4CCCCN(C(=O)c5ccc6c(c5)OCO6)C[C@H]34)cc2)cc1. The second-order valence-electron chi connectivity index (χ2n) is 9.96. The molecule has 0 saturated carbocycles. The fraction of sp³-hybridized carbons (Fsp3) is 0.367. The van der Waals surface area contributed by atoms with Crippen LogP contribution in [0.25, 0.3) is 11.1 Å². The summed E-state index contributed by atoms with van der Waals surface area (Å²) in [6, 6.07) is 22.3. The Morgan fingerprint density at radius 2 is 1.65 bits per heavy atom. The molecule has 3 aliphatic rings. The van der Waals surface area contributed by atoms with Gasteiger partial charge in [0.25, 0.3) is 5.91 Å². The number of hydrogen-bond donors (Lipinski definition) is 1. The highest BCUT2D eigenvalue weighted by molar-refractivity contribution is 5.95. The molecule has 2 saturated heterocycles. The lowest BCUT2D eigenvalue weighted by Crippen LogP contribution is -2.67. The Balaban J connectivity index is 1.23. The molecule has 7 heteroatoms. The minimum Gasteiger partial charge on any atom is -0.497 e. The van der Waals surface area contributed by atoms with Crippen LogP contribution in [0.5, 0.6) is 17.2 Å². The summed E-state index contributed by atoms with van der Waals surface area (Å²) in [7, 11) is 1.67. The van der Waals surface area contributed by atoms with E-state index >= 15 is 0 Å². The normalized spacial score (nSPS) is 23.0. The van der Waals surface area contributed by atoms with Crippen molar-refractivity contribution >= 4 is 5.91 Å². The quantitative estimate of drug-likeness (QED) is 0.568. The van der Waals surface area contributed by atoms with Gasteiger partial charge in [-0.05, 0) is 66.4 Å². The molecule has 1 N–H and O–H groups in total. The number of methoxy groups -OCH3 is 1. The summed E-state index contributed by atoms with van der Waals surface area (Å²) in [5, 5.41) is 10.3. The maximum absolute atomic E-state index is 13.5. The molecule has 2 fully saturated rings. The lowest BCUT2D eigenvalue weighted by Gasteiger charge is -2.57. The van der Waals surface area contributed by atoms with E-state index in [0.717, 1.165) is 42.8 Å². The lowest BCUT2D eigenvalue weighted by atomic mass is 9.74. The number of fused-ring (bicyclic) bond motifs is 2. The molecule has 37 heavy (non-hydrogen) atoms. The van der Waals surface area contributed by atoms with Crippen molar-refractivity contribution in [3.63, 3.8) is 0 Å². The molecule has 3 aliphatic heterocycles. The molecule has 0 radical (unpaired) electrons. The van der Waals surface area contributed by atoms with E-state index in [-0.39, 0.29) is 37.3 Å². The predicted octanol–water partition coefficient (Wildman–Crippen LogP) is 4.16. The summed E-state index contributed by atoms with van der Waals surface area (Å²) in [6.45, 7) is 2.61. The van der Waals surface area contributed by atoms with Crippen molar-refractivity contribution < 1.29 is 24.1 Å². The number of rotatable bonds is 5. The first-order valence-electron chi connectivity index (χ1n) is 13.0. The highest BCUT2D eigenvalue weighted by Crippen LogP contribution is 2.43. The number of aliphatic hydroxyl groups is 1. The first kappa shape index (κ1) is 23.8. The number of amides is 1. The van der Waals surface area contributed by atoms with Gasteiger partial charge in [0.2, 0.25) is 6.79 Å². The fourth-order valence-corrected chi connectivity index (χ4v) is 6.02. The third-order valence-electron chi connectivity index (χ3n) is 8.00. The molecule has 0 unspecified atom stereocenters. The largest absolute Gasteiger partial charge is 0.497 e. The number of aliphatic hydroxyl groups excluding tert-OH is 1. The standard InChI is InChI=1S/C30H32N2O5/c1-35-24-11-8-21(9-12-24)20-4-6-22(7-5-20)29-25-17-31(14-2-3-15-32(25)26(29)18-33)30(34)23-10-13-27-28(16-23)37-19-36-27/h4-13,16,25-26,29,33H,2-3,14-15,17-19H2,1H3/t25-,26-,29+/m1/s1. The van der Waals surface area contributed by atoms with Crippen molar-refractivity contribution in [2.24, 2.45) is 0 Å². The Bertz CT molecular complexity index is 1260. The Morgan fingerprint density at radius 3 is 2.38 bits per heavy atom. The van der Waals surface area contributed by atoms with Gasteiger partial charge in [0.05, 0.1) is 13.7 Å². The van der Waals surface area contributed by atoms with Crippen molar-refractivity contribution in [3.8, 4) is 28.4 Å². The molecule has 3 heterocycles. The van der Waals surface area contributed by atoms with E-state index < -0.39 is 0 Å². The Labute approximate surface area is 217 Å². The molecule has 6 rings (SSSR count). The summed E-state index contributed by atoms with van der Waals surface area (Å²) in [5.74, 6) is 2.32. The minimum absolute atomic E-state index is 0.0150. The third-order valence-corrected chi connectivity index (χ3v) is 8.00. The zero-order chi connectivity index (χ0) is 25.4. The number of carbonyl (C=O) groups excluding carboxylic acids is 1. The van der Waals surface area contributed by atoms with Crippen molar-refractivity contribution in [2.45, 2.75) is 30.8 Å². The van der Waals surface area contributed by atoms with E-state index in [4.69, 9.17) is 14.2 Å². The first-order chi connectivity index (χ1) is 18.2. The third kappa shape index (κ3) is 4.43. The Morgan fingerprint density at radius 1 is 0.946 bits per heavy atom. The number of hydrogen-bond acceptors (Lipinski definition) is 6. The fourth-order valence-electron chi connectivity index (χ4n) is 6.02.